The molecule has 0 bridgehead atoms. The van der Waals surface area contributed by atoms with Gasteiger partial charge in [0.25, 0.3) is 0 Å². The second kappa shape index (κ2) is 6.86. The summed E-state index contributed by atoms with van der Waals surface area (Å²) in [6.45, 7) is 6.51. The van der Waals surface area contributed by atoms with E-state index in [0.29, 0.717) is 0 Å². The number of halogens is 1. The maximum atomic E-state index is 6.15. The first-order valence-corrected chi connectivity index (χ1v) is 5.48. The molecule has 1 aromatic carbocycles. The summed E-state index contributed by atoms with van der Waals surface area (Å²) in [4.78, 5) is 0. The van der Waals surface area contributed by atoms with E-state index in [1.807, 2.05) is 0 Å². The SMILES string of the molecule is CCCC[C@@H](N)c1cccc(C)c1C.Cl. The van der Waals surface area contributed by atoms with Crippen LogP contribution in [-0.2, 0) is 0 Å². The van der Waals surface area contributed by atoms with Gasteiger partial charge in [0.1, 0.15) is 0 Å². The maximum Gasteiger partial charge on any atom is 0.0297 e. The van der Waals surface area contributed by atoms with Crippen LogP contribution in [0.5, 0.6) is 0 Å². The van der Waals surface area contributed by atoms with Gasteiger partial charge in [-0.15, -0.1) is 12.4 Å². The van der Waals surface area contributed by atoms with Crippen LogP contribution in [0.1, 0.15) is 48.9 Å². The summed E-state index contributed by atoms with van der Waals surface area (Å²) in [6.07, 6.45) is 3.54. The van der Waals surface area contributed by atoms with Crippen LogP contribution in [-0.4, -0.2) is 0 Å². The Balaban J connectivity index is 0.00000196. The van der Waals surface area contributed by atoms with Crippen LogP contribution in [0.15, 0.2) is 18.2 Å². The zero-order valence-corrected chi connectivity index (χ0v) is 10.7. The largest absolute Gasteiger partial charge is 0.324 e. The second-order valence-corrected chi connectivity index (χ2v) is 4.04. The van der Waals surface area contributed by atoms with Crippen molar-refractivity contribution in [1.29, 1.82) is 0 Å². The van der Waals surface area contributed by atoms with Crippen molar-refractivity contribution in [1.82, 2.24) is 0 Å². The first kappa shape index (κ1) is 14.5. The quantitative estimate of drug-likeness (QED) is 0.829. The number of nitrogens with two attached hydrogens (primary N) is 1. The number of hydrogen-bond acceptors (Lipinski definition) is 1. The van der Waals surface area contributed by atoms with Gasteiger partial charge in [-0.05, 0) is 37.0 Å². The van der Waals surface area contributed by atoms with Gasteiger partial charge < -0.3 is 5.73 Å². The topological polar surface area (TPSA) is 26.0 Å². The average Bonchev–Trinajstić information content (AvgIpc) is 2.18. The Bertz CT molecular complexity index is 297. The number of hydrogen-bond donors (Lipinski definition) is 1. The monoisotopic (exact) mass is 227 g/mol. The van der Waals surface area contributed by atoms with E-state index < -0.39 is 0 Å². The van der Waals surface area contributed by atoms with Crippen LogP contribution in [0.3, 0.4) is 0 Å². The third kappa shape index (κ3) is 3.84. The van der Waals surface area contributed by atoms with E-state index in [4.69, 9.17) is 5.73 Å². The Morgan fingerprint density at radius 1 is 1.27 bits per heavy atom. The van der Waals surface area contributed by atoms with Crippen molar-refractivity contribution >= 4 is 12.4 Å². The molecule has 0 fully saturated rings. The summed E-state index contributed by atoms with van der Waals surface area (Å²) < 4.78 is 0. The molecule has 2 heteroatoms. The predicted octanol–water partition coefficient (Wildman–Crippen LogP) is 3.92. The lowest BCUT2D eigenvalue weighted by molar-refractivity contribution is 0.600. The molecule has 0 heterocycles. The Morgan fingerprint density at radius 2 is 1.93 bits per heavy atom. The van der Waals surface area contributed by atoms with E-state index in [1.54, 1.807) is 0 Å². The summed E-state index contributed by atoms with van der Waals surface area (Å²) >= 11 is 0. The minimum absolute atomic E-state index is 0. The Hall–Kier alpha value is -0.530. The highest BCUT2D eigenvalue weighted by atomic mass is 35.5. The summed E-state index contributed by atoms with van der Waals surface area (Å²) in [6, 6.07) is 6.62. The van der Waals surface area contributed by atoms with Crippen LogP contribution in [0, 0.1) is 13.8 Å². The first-order chi connectivity index (χ1) is 6.66. The fourth-order valence-corrected chi connectivity index (χ4v) is 1.76. The molecule has 1 atom stereocenters. The fourth-order valence-electron chi connectivity index (χ4n) is 1.76. The van der Waals surface area contributed by atoms with Crippen molar-refractivity contribution in [2.45, 2.75) is 46.1 Å². The molecule has 0 aliphatic heterocycles. The summed E-state index contributed by atoms with van der Waals surface area (Å²) in [5.74, 6) is 0. The van der Waals surface area contributed by atoms with E-state index in [2.05, 4.69) is 39.0 Å². The molecule has 0 saturated heterocycles. The molecule has 2 N–H and O–H groups in total. The predicted molar refractivity (Wildman–Crippen MR) is 69.6 cm³/mol. The molecule has 1 rings (SSSR count). The summed E-state index contributed by atoms with van der Waals surface area (Å²) in [5.41, 5.74) is 10.2. The van der Waals surface area contributed by atoms with Gasteiger partial charge in [-0.3, -0.25) is 0 Å². The lowest BCUT2D eigenvalue weighted by Gasteiger charge is -2.15. The van der Waals surface area contributed by atoms with Crippen molar-refractivity contribution in [3.63, 3.8) is 0 Å². The molecule has 86 valence electrons. The standard InChI is InChI=1S/C13H21N.ClH/c1-4-5-9-13(14)12-8-6-7-10(2)11(12)3;/h6-8,13H,4-5,9,14H2,1-3H3;1H/t13-;/m1./s1. The van der Waals surface area contributed by atoms with Gasteiger partial charge in [0, 0.05) is 6.04 Å². The van der Waals surface area contributed by atoms with E-state index >= 15 is 0 Å². The zero-order chi connectivity index (χ0) is 10.6. The van der Waals surface area contributed by atoms with Crippen LogP contribution in [0.4, 0.5) is 0 Å². The minimum Gasteiger partial charge on any atom is -0.324 e. The maximum absolute atomic E-state index is 6.15. The molecule has 0 spiro atoms. The highest BCUT2D eigenvalue weighted by Gasteiger charge is 2.08. The van der Waals surface area contributed by atoms with Crippen molar-refractivity contribution in [2.24, 2.45) is 5.73 Å². The minimum atomic E-state index is 0. The van der Waals surface area contributed by atoms with E-state index in [0.717, 1.165) is 6.42 Å². The Labute approximate surface area is 99.5 Å². The van der Waals surface area contributed by atoms with Crippen molar-refractivity contribution in [3.05, 3.63) is 34.9 Å². The molecule has 0 aliphatic rings. The normalized spacial score (nSPS) is 12.0. The summed E-state index contributed by atoms with van der Waals surface area (Å²) in [7, 11) is 0. The number of rotatable bonds is 4. The van der Waals surface area contributed by atoms with Gasteiger partial charge in [0.2, 0.25) is 0 Å². The van der Waals surface area contributed by atoms with Gasteiger partial charge in [-0.25, -0.2) is 0 Å². The highest BCUT2D eigenvalue weighted by molar-refractivity contribution is 5.85. The lowest BCUT2D eigenvalue weighted by atomic mass is 9.95. The highest BCUT2D eigenvalue weighted by Crippen LogP contribution is 2.22. The molecule has 0 radical (unpaired) electrons. The van der Waals surface area contributed by atoms with Crippen LogP contribution >= 0.6 is 12.4 Å². The van der Waals surface area contributed by atoms with Gasteiger partial charge in [0.05, 0.1) is 0 Å². The van der Waals surface area contributed by atoms with Crippen molar-refractivity contribution in [2.75, 3.05) is 0 Å². The Kier molecular flexibility index (Phi) is 6.62. The van der Waals surface area contributed by atoms with Crippen LogP contribution in [0.2, 0.25) is 0 Å². The molecular weight excluding hydrogens is 206 g/mol. The molecule has 0 aliphatic carbocycles. The van der Waals surface area contributed by atoms with Gasteiger partial charge >= 0.3 is 0 Å². The number of benzene rings is 1. The molecule has 1 aromatic rings. The lowest BCUT2D eigenvalue weighted by Crippen LogP contribution is -2.12. The first-order valence-electron chi connectivity index (χ1n) is 5.48. The second-order valence-electron chi connectivity index (χ2n) is 4.04. The van der Waals surface area contributed by atoms with Crippen molar-refractivity contribution in [3.8, 4) is 0 Å². The number of aryl methyl sites for hydroxylation is 1. The molecule has 0 saturated carbocycles. The van der Waals surface area contributed by atoms with Crippen LogP contribution < -0.4 is 5.73 Å². The van der Waals surface area contributed by atoms with Gasteiger partial charge in [0.15, 0.2) is 0 Å². The summed E-state index contributed by atoms with van der Waals surface area (Å²) in [5, 5.41) is 0. The third-order valence-corrected chi connectivity index (χ3v) is 2.91. The molecule has 0 unspecified atom stereocenters. The molecule has 0 amide bonds. The van der Waals surface area contributed by atoms with Crippen molar-refractivity contribution < 1.29 is 0 Å². The molecule has 15 heavy (non-hydrogen) atoms. The van der Waals surface area contributed by atoms with E-state index in [-0.39, 0.29) is 18.4 Å². The fraction of sp³-hybridized carbons (Fsp3) is 0.538. The Morgan fingerprint density at radius 3 is 2.53 bits per heavy atom. The zero-order valence-electron chi connectivity index (χ0n) is 9.92. The average molecular weight is 228 g/mol. The van der Waals surface area contributed by atoms with Crippen LogP contribution in [0.25, 0.3) is 0 Å². The molecule has 0 aromatic heterocycles. The molecule has 1 nitrogen and oxygen atoms in total. The van der Waals surface area contributed by atoms with Gasteiger partial charge in [-0.1, -0.05) is 38.0 Å². The smallest absolute Gasteiger partial charge is 0.0297 e. The number of unbranched alkanes of at least 4 members (excludes halogenated alkanes) is 1. The third-order valence-electron chi connectivity index (χ3n) is 2.91. The van der Waals surface area contributed by atoms with E-state index in [9.17, 15) is 0 Å². The molecular formula is C13H22ClN. The van der Waals surface area contributed by atoms with Gasteiger partial charge in [-0.2, -0.15) is 0 Å². The van der Waals surface area contributed by atoms with E-state index in [1.165, 1.54) is 29.5 Å².